The average molecular weight is 545 g/mol. The Bertz CT molecular complexity index is 1300. The van der Waals surface area contributed by atoms with Gasteiger partial charge in [-0.1, -0.05) is 56.4 Å². The molecule has 1 saturated carbocycles. The molecule has 1 unspecified atom stereocenters. The number of ketones is 1. The summed E-state index contributed by atoms with van der Waals surface area (Å²) in [4.78, 5) is 40.5. The van der Waals surface area contributed by atoms with Crippen molar-refractivity contribution >= 4 is 17.4 Å². The van der Waals surface area contributed by atoms with Gasteiger partial charge in [0.1, 0.15) is 6.04 Å². The van der Waals surface area contributed by atoms with Crippen LogP contribution in [0.4, 0.5) is 5.69 Å². The highest BCUT2D eigenvalue weighted by atomic mass is 16.6. The van der Waals surface area contributed by atoms with Gasteiger partial charge in [0.25, 0.3) is 11.6 Å². The highest BCUT2D eigenvalue weighted by Gasteiger charge is 2.33. The number of carbonyl (C=O) groups is 2. The maximum Gasteiger partial charge on any atom is 0.269 e. The zero-order chi connectivity index (χ0) is 28.5. The van der Waals surface area contributed by atoms with Crippen LogP contribution in [-0.4, -0.2) is 42.3 Å². The van der Waals surface area contributed by atoms with Crippen molar-refractivity contribution in [3.05, 3.63) is 99.6 Å². The lowest BCUT2D eigenvalue weighted by Crippen LogP contribution is -2.41. The van der Waals surface area contributed by atoms with Gasteiger partial charge in [-0.15, -0.1) is 0 Å². The van der Waals surface area contributed by atoms with Crippen LogP contribution < -0.4 is 9.47 Å². The molecule has 1 aliphatic carbocycles. The number of non-ortho nitro benzene ring substituents is 1. The summed E-state index contributed by atoms with van der Waals surface area (Å²) >= 11 is 0. The van der Waals surface area contributed by atoms with Gasteiger partial charge in [0.05, 0.1) is 19.1 Å². The Balaban J connectivity index is 1.71. The van der Waals surface area contributed by atoms with E-state index < -0.39 is 11.0 Å². The first-order valence-electron chi connectivity index (χ1n) is 13.7. The number of hydrogen-bond donors (Lipinski definition) is 0. The van der Waals surface area contributed by atoms with Crippen LogP contribution in [0.3, 0.4) is 0 Å². The fourth-order valence-corrected chi connectivity index (χ4v) is 5.49. The van der Waals surface area contributed by atoms with Crippen molar-refractivity contribution in [3.8, 4) is 11.5 Å². The standard InChI is InChI=1S/C32H36N2O6/c1-39-29-18-13-24(22-30(29)40-2)19-20-33(32(36)26-11-7-4-8-12-26)31(25-14-16-27(17-15-25)34(37)38)28(35)21-23-9-5-3-6-10-23/h4,7-8,11-18,22-23,31H,3,5-6,9-10,19-21H2,1-2H3. The number of nitro benzene ring substituents is 1. The van der Waals surface area contributed by atoms with E-state index in [1.165, 1.54) is 18.6 Å². The van der Waals surface area contributed by atoms with Gasteiger partial charge in [-0.2, -0.15) is 0 Å². The summed E-state index contributed by atoms with van der Waals surface area (Å²) in [5, 5.41) is 11.3. The SMILES string of the molecule is COc1ccc(CCN(C(=O)c2ccccc2)C(C(=O)CC2CCCCC2)c2ccc([N+](=O)[O-])cc2)cc1OC. The first-order chi connectivity index (χ1) is 19.4. The first-order valence-corrected chi connectivity index (χ1v) is 13.7. The molecule has 4 rings (SSSR count). The molecule has 0 bridgehead atoms. The number of amides is 1. The van der Waals surface area contributed by atoms with Crippen LogP contribution in [0.15, 0.2) is 72.8 Å². The average Bonchev–Trinajstić information content (AvgIpc) is 2.99. The predicted octanol–water partition coefficient (Wildman–Crippen LogP) is 6.58. The summed E-state index contributed by atoms with van der Waals surface area (Å²) < 4.78 is 10.8. The molecule has 8 nitrogen and oxygen atoms in total. The lowest BCUT2D eigenvalue weighted by atomic mass is 9.83. The largest absolute Gasteiger partial charge is 0.493 e. The number of Topliss-reactive ketones (excluding diaryl/α,β-unsaturated/α-hetero) is 1. The van der Waals surface area contributed by atoms with Crippen LogP contribution in [0.2, 0.25) is 0 Å². The van der Waals surface area contributed by atoms with E-state index in [-0.39, 0.29) is 29.8 Å². The van der Waals surface area contributed by atoms with E-state index in [0.717, 1.165) is 31.2 Å². The second-order valence-corrected chi connectivity index (χ2v) is 10.2. The molecule has 1 fully saturated rings. The van der Waals surface area contributed by atoms with Gasteiger partial charge in [0.2, 0.25) is 0 Å². The lowest BCUT2D eigenvalue weighted by Gasteiger charge is -2.33. The normalized spacial score (nSPS) is 14.2. The number of hydrogen-bond acceptors (Lipinski definition) is 6. The molecule has 0 aromatic heterocycles. The Morgan fingerprint density at radius 3 is 2.23 bits per heavy atom. The fourth-order valence-electron chi connectivity index (χ4n) is 5.49. The van der Waals surface area contributed by atoms with E-state index in [2.05, 4.69) is 0 Å². The van der Waals surface area contributed by atoms with E-state index in [1.54, 1.807) is 55.5 Å². The van der Waals surface area contributed by atoms with Crippen LogP contribution >= 0.6 is 0 Å². The second-order valence-electron chi connectivity index (χ2n) is 10.2. The van der Waals surface area contributed by atoms with Crippen LogP contribution in [-0.2, 0) is 11.2 Å². The van der Waals surface area contributed by atoms with E-state index >= 15 is 0 Å². The van der Waals surface area contributed by atoms with Crippen LogP contribution in [0, 0.1) is 16.0 Å². The zero-order valence-electron chi connectivity index (χ0n) is 23.1. The molecule has 40 heavy (non-hydrogen) atoms. The number of benzene rings is 3. The van der Waals surface area contributed by atoms with Gasteiger partial charge in [-0.3, -0.25) is 19.7 Å². The maximum atomic E-state index is 14.0. The fraction of sp³-hybridized carbons (Fsp3) is 0.375. The van der Waals surface area contributed by atoms with Crippen molar-refractivity contribution in [1.29, 1.82) is 0 Å². The minimum absolute atomic E-state index is 0.0441. The second kappa shape index (κ2) is 13.7. The maximum absolute atomic E-state index is 14.0. The Labute approximate surface area is 235 Å². The highest BCUT2D eigenvalue weighted by Crippen LogP contribution is 2.33. The molecule has 0 radical (unpaired) electrons. The molecule has 3 aromatic carbocycles. The summed E-state index contributed by atoms with van der Waals surface area (Å²) in [6, 6.07) is 19.6. The third-order valence-electron chi connectivity index (χ3n) is 7.62. The van der Waals surface area contributed by atoms with Gasteiger partial charge in [-0.05, 0) is 59.9 Å². The summed E-state index contributed by atoms with van der Waals surface area (Å²) in [5.41, 5.74) is 1.91. The van der Waals surface area contributed by atoms with Crippen molar-refractivity contribution in [1.82, 2.24) is 4.90 Å². The Morgan fingerprint density at radius 1 is 0.925 bits per heavy atom. The Morgan fingerprint density at radius 2 is 1.60 bits per heavy atom. The molecular weight excluding hydrogens is 508 g/mol. The highest BCUT2D eigenvalue weighted by molar-refractivity contribution is 5.98. The monoisotopic (exact) mass is 544 g/mol. The third-order valence-corrected chi connectivity index (χ3v) is 7.62. The van der Waals surface area contributed by atoms with E-state index in [1.807, 2.05) is 24.3 Å². The van der Waals surface area contributed by atoms with Crippen molar-refractivity contribution in [2.45, 2.75) is 51.0 Å². The summed E-state index contributed by atoms with van der Waals surface area (Å²) in [6.45, 7) is 0.265. The lowest BCUT2D eigenvalue weighted by molar-refractivity contribution is -0.384. The van der Waals surface area contributed by atoms with Crippen molar-refractivity contribution < 1.29 is 24.0 Å². The van der Waals surface area contributed by atoms with Crippen molar-refractivity contribution in [2.24, 2.45) is 5.92 Å². The molecule has 1 amide bonds. The molecule has 0 N–H and O–H groups in total. The van der Waals surface area contributed by atoms with Crippen molar-refractivity contribution in [3.63, 3.8) is 0 Å². The number of rotatable bonds is 12. The van der Waals surface area contributed by atoms with Gasteiger partial charge < -0.3 is 14.4 Å². The molecule has 0 spiro atoms. The number of ether oxygens (including phenoxy) is 2. The topological polar surface area (TPSA) is 99.0 Å². The first kappa shape index (κ1) is 28.8. The van der Waals surface area contributed by atoms with E-state index in [0.29, 0.717) is 35.5 Å². The van der Waals surface area contributed by atoms with Crippen LogP contribution in [0.25, 0.3) is 0 Å². The minimum atomic E-state index is -0.865. The smallest absolute Gasteiger partial charge is 0.269 e. The third kappa shape index (κ3) is 7.05. The molecule has 0 heterocycles. The zero-order valence-corrected chi connectivity index (χ0v) is 23.1. The van der Waals surface area contributed by atoms with Gasteiger partial charge in [0, 0.05) is 30.7 Å². The Hall–Kier alpha value is -4.20. The van der Waals surface area contributed by atoms with Crippen molar-refractivity contribution in [2.75, 3.05) is 20.8 Å². The summed E-state index contributed by atoms with van der Waals surface area (Å²) in [5.74, 6) is 1.16. The van der Waals surface area contributed by atoms with Gasteiger partial charge in [-0.25, -0.2) is 0 Å². The van der Waals surface area contributed by atoms with Crippen LogP contribution in [0.1, 0.15) is 66.1 Å². The molecule has 1 aliphatic rings. The van der Waals surface area contributed by atoms with Gasteiger partial charge >= 0.3 is 0 Å². The molecular formula is C32H36N2O6. The molecule has 3 aromatic rings. The minimum Gasteiger partial charge on any atom is -0.493 e. The Kier molecular flexibility index (Phi) is 9.89. The van der Waals surface area contributed by atoms with E-state index in [4.69, 9.17) is 9.47 Å². The number of nitrogens with zero attached hydrogens (tertiary/aromatic N) is 2. The molecule has 8 heteroatoms. The number of carbonyl (C=O) groups excluding carboxylic acids is 2. The van der Waals surface area contributed by atoms with Gasteiger partial charge in [0.15, 0.2) is 17.3 Å². The molecule has 1 atom stereocenters. The number of nitro groups is 1. The molecule has 0 saturated heterocycles. The van der Waals surface area contributed by atoms with E-state index in [9.17, 15) is 19.7 Å². The summed E-state index contributed by atoms with van der Waals surface area (Å²) in [7, 11) is 3.14. The quantitative estimate of drug-likeness (QED) is 0.189. The molecule has 0 aliphatic heterocycles. The predicted molar refractivity (Wildman–Crippen MR) is 153 cm³/mol. The molecule has 210 valence electrons. The number of methoxy groups -OCH3 is 2. The van der Waals surface area contributed by atoms with Crippen LogP contribution in [0.5, 0.6) is 11.5 Å². The summed E-state index contributed by atoms with van der Waals surface area (Å²) in [6.07, 6.45) is 6.22.